The van der Waals surface area contributed by atoms with Crippen LogP contribution in [0.25, 0.3) is 10.9 Å². The molecule has 0 aliphatic heterocycles. The van der Waals surface area contributed by atoms with E-state index in [0.29, 0.717) is 16.4 Å². The Kier molecular flexibility index (Phi) is 5.53. The molecule has 0 bridgehead atoms. The van der Waals surface area contributed by atoms with E-state index in [-0.39, 0.29) is 34.5 Å². The van der Waals surface area contributed by atoms with Gasteiger partial charge in [-0.1, -0.05) is 47.5 Å². The van der Waals surface area contributed by atoms with Crippen LogP contribution < -0.4 is 15.8 Å². The predicted octanol–water partition coefficient (Wildman–Crippen LogP) is 5.92. The number of nitrogen functional groups attached to an aromatic ring is 1. The van der Waals surface area contributed by atoms with E-state index >= 15 is 4.39 Å². The van der Waals surface area contributed by atoms with Crippen molar-refractivity contribution >= 4 is 45.7 Å². The van der Waals surface area contributed by atoms with Crippen LogP contribution >= 0.6 is 23.2 Å². The van der Waals surface area contributed by atoms with E-state index in [1.54, 1.807) is 12.1 Å². The number of carbonyl (C=O) groups is 1. The maximum Gasteiger partial charge on any atom is 0.267 e. The van der Waals surface area contributed by atoms with Gasteiger partial charge in [0.1, 0.15) is 11.4 Å². The summed E-state index contributed by atoms with van der Waals surface area (Å²) in [5.41, 5.74) is 7.56. The van der Waals surface area contributed by atoms with E-state index in [2.05, 4.69) is 10.3 Å². The zero-order valence-corrected chi connectivity index (χ0v) is 17.0. The summed E-state index contributed by atoms with van der Waals surface area (Å²) >= 11 is 12.1. The number of benzene rings is 3. The normalized spacial score (nSPS) is 10.9. The Balaban J connectivity index is 1.53. The van der Waals surface area contributed by atoms with E-state index < -0.39 is 5.82 Å². The van der Waals surface area contributed by atoms with E-state index in [9.17, 15) is 4.79 Å². The number of amides is 1. The topological polar surface area (TPSA) is 80.1 Å². The SMILES string of the molecule is Nc1cc(Cl)cc(Oc2c(Cl)ccc(CNC(=O)c3cc4ccccc4[nH]3)c2F)c1. The molecule has 0 fully saturated rings. The number of hydrogen-bond acceptors (Lipinski definition) is 3. The number of ether oxygens (including phenoxy) is 1. The van der Waals surface area contributed by atoms with Gasteiger partial charge in [-0.05, 0) is 30.3 Å². The number of hydrogen-bond donors (Lipinski definition) is 3. The Labute approximate surface area is 181 Å². The summed E-state index contributed by atoms with van der Waals surface area (Å²) in [6, 6.07) is 16.8. The number of nitrogens with two attached hydrogens (primary N) is 1. The Hall–Kier alpha value is -3.22. The number of para-hydroxylation sites is 1. The minimum Gasteiger partial charge on any atom is -0.453 e. The van der Waals surface area contributed by atoms with Crippen LogP contribution in [0.3, 0.4) is 0 Å². The lowest BCUT2D eigenvalue weighted by molar-refractivity contribution is 0.0946. The number of rotatable bonds is 5. The summed E-state index contributed by atoms with van der Waals surface area (Å²) in [5, 5.41) is 4.04. The largest absolute Gasteiger partial charge is 0.453 e. The maximum atomic E-state index is 15.0. The Morgan fingerprint density at radius 1 is 1.10 bits per heavy atom. The van der Waals surface area contributed by atoms with Gasteiger partial charge in [0.15, 0.2) is 11.6 Å². The molecule has 1 aromatic heterocycles. The molecule has 4 N–H and O–H groups in total. The molecule has 0 saturated carbocycles. The summed E-state index contributed by atoms with van der Waals surface area (Å²) in [6.07, 6.45) is 0. The standard InChI is InChI=1S/C22H16Cl2FN3O2/c23-14-8-15(26)10-16(9-14)30-21-17(24)6-5-13(20(21)25)11-27-22(29)19-7-12-3-1-2-4-18(12)28-19/h1-10,28H,11,26H2,(H,27,29). The van der Waals surface area contributed by atoms with Crippen LogP contribution in [-0.2, 0) is 6.54 Å². The number of nitrogens with one attached hydrogen (secondary N) is 2. The van der Waals surface area contributed by atoms with E-state index in [1.807, 2.05) is 24.3 Å². The second-order valence-electron chi connectivity index (χ2n) is 6.62. The average molecular weight is 444 g/mol. The Bertz CT molecular complexity index is 1200. The highest BCUT2D eigenvalue weighted by Gasteiger charge is 2.17. The smallest absolute Gasteiger partial charge is 0.267 e. The van der Waals surface area contributed by atoms with Crippen LogP contribution in [0.4, 0.5) is 10.1 Å². The first kappa shape index (κ1) is 20.1. The van der Waals surface area contributed by atoms with Gasteiger partial charge in [-0.2, -0.15) is 0 Å². The minimum absolute atomic E-state index is 0.0504. The predicted molar refractivity (Wildman–Crippen MR) is 117 cm³/mol. The van der Waals surface area contributed by atoms with Crippen molar-refractivity contribution in [2.24, 2.45) is 0 Å². The molecule has 0 atom stereocenters. The van der Waals surface area contributed by atoms with Gasteiger partial charge in [0, 0.05) is 39.8 Å². The number of aromatic amines is 1. The van der Waals surface area contributed by atoms with Crippen LogP contribution in [0.2, 0.25) is 10.0 Å². The van der Waals surface area contributed by atoms with Gasteiger partial charge in [-0.15, -0.1) is 0 Å². The highest BCUT2D eigenvalue weighted by molar-refractivity contribution is 6.32. The molecule has 1 heterocycles. The summed E-state index contributed by atoms with van der Waals surface area (Å²) in [4.78, 5) is 15.5. The first-order valence-corrected chi connectivity index (χ1v) is 9.73. The summed E-state index contributed by atoms with van der Waals surface area (Å²) < 4.78 is 20.6. The molecule has 0 spiro atoms. The van der Waals surface area contributed by atoms with Crippen molar-refractivity contribution in [3.05, 3.63) is 87.8 Å². The summed E-state index contributed by atoms with van der Waals surface area (Å²) in [6.45, 7) is -0.0504. The fraction of sp³-hybridized carbons (Fsp3) is 0.0455. The zero-order valence-electron chi connectivity index (χ0n) is 15.5. The molecule has 0 aliphatic rings. The molecule has 0 saturated heterocycles. The number of anilines is 1. The van der Waals surface area contributed by atoms with Gasteiger partial charge < -0.3 is 20.8 Å². The van der Waals surface area contributed by atoms with Crippen molar-refractivity contribution in [1.82, 2.24) is 10.3 Å². The fourth-order valence-corrected chi connectivity index (χ4v) is 3.45. The first-order valence-electron chi connectivity index (χ1n) is 8.97. The third kappa shape index (κ3) is 4.20. The number of carbonyl (C=O) groups excluding carboxylic acids is 1. The molecule has 152 valence electrons. The average Bonchev–Trinajstić information content (AvgIpc) is 3.14. The van der Waals surface area contributed by atoms with E-state index in [1.165, 1.54) is 24.3 Å². The second-order valence-corrected chi connectivity index (χ2v) is 7.47. The Morgan fingerprint density at radius 2 is 1.90 bits per heavy atom. The van der Waals surface area contributed by atoms with Crippen molar-refractivity contribution in [3.8, 4) is 11.5 Å². The highest BCUT2D eigenvalue weighted by Crippen LogP contribution is 2.35. The van der Waals surface area contributed by atoms with Gasteiger partial charge in [0.2, 0.25) is 0 Å². The van der Waals surface area contributed by atoms with Gasteiger partial charge in [-0.3, -0.25) is 4.79 Å². The van der Waals surface area contributed by atoms with E-state index in [4.69, 9.17) is 33.7 Å². The van der Waals surface area contributed by atoms with Gasteiger partial charge in [0.05, 0.1) is 5.02 Å². The van der Waals surface area contributed by atoms with Crippen molar-refractivity contribution in [2.75, 3.05) is 5.73 Å². The van der Waals surface area contributed by atoms with Crippen LogP contribution in [-0.4, -0.2) is 10.9 Å². The lowest BCUT2D eigenvalue weighted by Crippen LogP contribution is -2.23. The molecule has 0 aliphatic carbocycles. The molecule has 5 nitrogen and oxygen atoms in total. The summed E-state index contributed by atoms with van der Waals surface area (Å²) in [7, 11) is 0. The van der Waals surface area contributed by atoms with Crippen molar-refractivity contribution in [3.63, 3.8) is 0 Å². The number of fused-ring (bicyclic) bond motifs is 1. The number of halogens is 3. The van der Waals surface area contributed by atoms with Crippen molar-refractivity contribution < 1.29 is 13.9 Å². The third-order valence-electron chi connectivity index (χ3n) is 4.46. The lowest BCUT2D eigenvalue weighted by atomic mass is 10.2. The molecule has 3 aromatic carbocycles. The van der Waals surface area contributed by atoms with Crippen LogP contribution in [0.15, 0.2) is 60.7 Å². The van der Waals surface area contributed by atoms with Gasteiger partial charge in [-0.25, -0.2) is 4.39 Å². The first-order chi connectivity index (χ1) is 14.4. The molecule has 30 heavy (non-hydrogen) atoms. The van der Waals surface area contributed by atoms with Crippen molar-refractivity contribution in [2.45, 2.75) is 6.54 Å². The summed E-state index contributed by atoms with van der Waals surface area (Å²) in [5.74, 6) is -0.959. The zero-order chi connectivity index (χ0) is 21.3. The van der Waals surface area contributed by atoms with E-state index in [0.717, 1.165) is 10.9 Å². The molecule has 1 amide bonds. The monoisotopic (exact) mass is 443 g/mol. The van der Waals surface area contributed by atoms with Gasteiger partial charge in [0.25, 0.3) is 5.91 Å². The molecule has 4 rings (SSSR count). The van der Waals surface area contributed by atoms with Crippen LogP contribution in [0.1, 0.15) is 16.1 Å². The highest BCUT2D eigenvalue weighted by atomic mass is 35.5. The fourth-order valence-electron chi connectivity index (χ4n) is 3.03. The quantitative estimate of drug-likeness (QED) is 0.335. The Morgan fingerprint density at radius 3 is 2.67 bits per heavy atom. The number of H-pyrrole nitrogens is 1. The van der Waals surface area contributed by atoms with Gasteiger partial charge >= 0.3 is 0 Å². The molecule has 4 aromatic rings. The molecular formula is C22H16Cl2FN3O2. The number of aromatic nitrogens is 1. The maximum absolute atomic E-state index is 15.0. The van der Waals surface area contributed by atoms with Crippen LogP contribution in [0.5, 0.6) is 11.5 Å². The van der Waals surface area contributed by atoms with Crippen LogP contribution in [0, 0.1) is 5.82 Å². The van der Waals surface area contributed by atoms with Crippen molar-refractivity contribution in [1.29, 1.82) is 0 Å². The molecule has 0 radical (unpaired) electrons. The molecule has 0 unspecified atom stereocenters. The third-order valence-corrected chi connectivity index (χ3v) is 4.97. The molecular weight excluding hydrogens is 428 g/mol. The minimum atomic E-state index is -0.682. The second kappa shape index (κ2) is 8.26. The lowest BCUT2D eigenvalue weighted by Gasteiger charge is -2.13. The molecule has 8 heteroatoms.